The maximum Gasteiger partial charge on any atom is 0.161 e. The van der Waals surface area contributed by atoms with Gasteiger partial charge in [0.15, 0.2) is 11.5 Å². The average molecular weight is 182 g/mol. The van der Waals surface area contributed by atoms with Crippen LogP contribution in [0.25, 0.3) is 0 Å². The highest BCUT2D eigenvalue weighted by Crippen LogP contribution is 2.24. The van der Waals surface area contributed by atoms with Gasteiger partial charge in [-0.05, 0) is 26.0 Å². The number of rotatable bonds is 3. The molecule has 72 valence electrons. The number of hydrogen-bond acceptors (Lipinski definition) is 3. The maximum atomic E-state index is 9.36. The SMILES string of the molecule is CC(C)(O)COc1ccccc1O. The molecule has 0 aliphatic carbocycles. The minimum absolute atomic E-state index is 0.0896. The first-order chi connectivity index (χ1) is 5.99. The smallest absolute Gasteiger partial charge is 0.161 e. The molecular weight excluding hydrogens is 168 g/mol. The molecular formula is C10H14O3. The Kier molecular flexibility index (Phi) is 2.78. The zero-order valence-electron chi connectivity index (χ0n) is 7.82. The molecule has 0 amide bonds. The first-order valence-electron chi connectivity index (χ1n) is 4.12. The van der Waals surface area contributed by atoms with E-state index in [1.807, 2.05) is 0 Å². The summed E-state index contributed by atoms with van der Waals surface area (Å²) in [6.45, 7) is 3.45. The number of para-hydroxylation sites is 2. The fourth-order valence-electron chi connectivity index (χ4n) is 0.834. The lowest BCUT2D eigenvalue weighted by Gasteiger charge is -2.18. The molecule has 1 aromatic carbocycles. The molecule has 0 radical (unpaired) electrons. The zero-order chi connectivity index (χ0) is 9.90. The van der Waals surface area contributed by atoms with E-state index in [4.69, 9.17) is 4.74 Å². The third kappa shape index (κ3) is 3.34. The van der Waals surface area contributed by atoms with E-state index in [1.165, 1.54) is 0 Å². The van der Waals surface area contributed by atoms with Gasteiger partial charge in [0, 0.05) is 0 Å². The lowest BCUT2D eigenvalue weighted by molar-refractivity contribution is 0.0276. The summed E-state index contributed by atoms with van der Waals surface area (Å²) in [4.78, 5) is 0. The molecule has 1 aromatic rings. The fraction of sp³-hybridized carbons (Fsp3) is 0.400. The second kappa shape index (κ2) is 3.66. The van der Waals surface area contributed by atoms with E-state index < -0.39 is 5.60 Å². The summed E-state index contributed by atoms with van der Waals surface area (Å²) in [6.07, 6.45) is 0. The first kappa shape index (κ1) is 9.86. The Morgan fingerprint density at radius 2 is 1.92 bits per heavy atom. The minimum Gasteiger partial charge on any atom is -0.504 e. The molecule has 1 rings (SSSR count). The summed E-state index contributed by atoms with van der Waals surface area (Å²) >= 11 is 0. The Bertz CT molecular complexity index is 276. The maximum absolute atomic E-state index is 9.36. The molecule has 0 aliphatic heterocycles. The van der Waals surface area contributed by atoms with Gasteiger partial charge in [0.05, 0.1) is 5.60 Å². The third-order valence-electron chi connectivity index (χ3n) is 1.45. The van der Waals surface area contributed by atoms with Crippen LogP contribution in [0.3, 0.4) is 0 Å². The van der Waals surface area contributed by atoms with Crippen LogP contribution in [0.5, 0.6) is 11.5 Å². The number of aromatic hydroxyl groups is 1. The molecule has 0 aromatic heterocycles. The van der Waals surface area contributed by atoms with Gasteiger partial charge >= 0.3 is 0 Å². The van der Waals surface area contributed by atoms with Gasteiger partial charge < -0.3 is 14.9 Å². The van der Waals surface area contributed by atoms with Crippen molar-refractivity contribution >= 4 is 0 Å². The average Bonchev–Trinajstić information content (AvgIpc) is 2.01. The van der Waals surface area contributed by atoms with Gasteiger partial charge in [-0.15, -0.1) is 0 Å². The molecule has 0 fully saturated rings. The van der Waals surface area contributed by atoms with E-state index in [1.54, 1.807) is 38.1 Å². The molecule has 13 heavy (non-hydrogen) atoms. The van der Waals surface area contributed by atoms with Crippen molar-refractivity contribution in [3.05, 3.63) is 24.3 Å². The van der Waals surface area contributed by atoms with E-state index in [0.717, 1.165) is 0 Å². The van der Waals surface area contributed by atoms with Crippen LogP contribution in [0.4, 0.5) is 0 Å². The summed E-state index contributed by atoms with van der Waals surface area (Å²) in [5.41, 5.74) is -0.887. The van der Waals surface area contributed by atoms with Gasteiger partial charge in [0.25, 0.3) is 0 Å². The number of aliphatic hydroxyl groups is 1. The lowest BCUT2D eigenvalue weighted by atomic mass is 10.2. The van der Waals surface area contributed by atoms with Crippen LogP contribution in [0.15, 0.2) is 24.3 Å². The molecule has 0 bridgehead atoms. The van der Waals surface area contributed by atoms with E-state index in [-0.39, 0.29) is 12.4 Å². The van der Waals surface area contributed by atoms with Crippen molar-refractivity contribution in [1.82, 2.24) is 0 Å². The Morgan fingerprint density at radius 3 is 2.46 bits per heavy atom. The predicted molar refractivity (Wildman–Crippen MR) is 49.9 cm³/mol. The zero-order valence-corrected chi connectivity index (χ0v) is 7.82. The van der Waals surface area contributed by atoms with Crippen molar-refractivity contribution in [2.75, 3.05) is 6.61 Å². The number of hydrogen-bond donors (Lipinski definition) is 2. The Labute approximate surface area is 77.6 Å². The topological polar surface area (TPSA) is 49.7 Å². The van der Waals surface area contributed by atoms with Gasteiger partial charge in [0.1, 0.15) is 6.61 Å². The minimum atomic E-state index is -0.887. The number of phenols is 1. The van der Waals surface area contributed by atoms with Crippen molar-refractivity contribution in [1.29, 1.82) is 0 Å². The van der Waals surface area contributed by atoms with Crippen molar-refractivity contribution in [3.63, 3.8) is 0 Å². The van der Waals surface area contributed by atoms with E-state index in [9.17, 15) is 10.2 Å². The third-order valence-corrected chi connectivity index (χ3v) is 1.45. The fourth-order valence-corrected chi connectivity index (χ4v) is 0.834. The quantitative estimate of drug-likeness (QED) is 0.745. The van der Waals surface area contributed by atoms with Crippen LogP contribution < -0.4 is 4.74 Å². The Morgan fingerprint density at radius 1 is 1.31 bits per heavy atom. The molecule has 0 saturated heterocycles. The van der Waals surface area contributed by atoms with Gasteiger partial charge in [-0.1, -0.05) is 12.1 Å². The number of ether oxygens (including phenoxy) is 1. The molecule has 0 saturated carbocycles. The highest BCUT2D eigenvalue weighted by Gasteiger charge is 2.14. The highest BCUT2D eigenvalue weighted by atomic mass is 16.5. The molecule has 0 spiro atoms. The van der Waals surface area contributed by atoms with E-state index in [2.05, 4.69) is 0 Å². The van der Waals surface area contributed by atoms with E-state index in [0.29, 0.717) is 5.75 Å². The van der Waals surface area contributed by atoms with Crippen molar-refractivity contribution in [3.8, 4) is 11.5 Å². The summed E-state index contributed by atoms with van der Waals surface area (Å²) in [7, 11) is 0. The molecule has 3 nitrogen and oxygen atoms in total. The summed E-state index contributed by atoms with van der Waals surface area (Å²) in [5.74, 6) is 0.483. The van der Waals surface area contributed by atoms with Gasteiger partial charge in [-0.3, -0.25) is 0 Å². The lowest BCUT2D eigenvalue weighted by Crippen LogP contribution is -2.27. The molecule has 3 heteroatoms. The second-order valence-electron chi connectivity index (χ2n) is 3.57. The van der Waals surface area contributed by atoms with Crippen LogP contribution in [-0.4, -0.2) is 22.4 Å². The Balaban J connectivity index is 2.60. The largest absolute Gasteiger partial charge is 0.504 e. The standard InChI is InChI=1S/C10H14O3/c1-10(2,12)7-13-9-6-4-3-5-8(9)11/h3-6,11-12H,7H2,1-2H3. The van der Waals surface area contributed by atoms with Crippen molar-refractivity contribution in [2.45, 2.75) is 19.4 Å². The summed E-state index contributed by atoms with van der Waals surface area (Å²) in [5, 5.41) is 18.7. The van der Waals surface area contributed by atoms with Gasteiger partial charge in [-0.25, -0.2) is 0 Å². The highest BCUT2D eigenvalue weighted by molar-refractivity contribution is 5.37. The number of phenolic OH excluding ortho intramolecular Hbond substituents is 1. The summed E-state index contributed by atoms with van der Waals surface area (Å²) < 4.78 is 5.20. The van der Waals surface area contributed by atoms with Crippen LogP contribution in [0.2, 0.25) is 0 Å². The van der Waals surface area contributed by atoms with Crippen LogP contribution in [0.1, 0.15) is 13.8 Å². The Hall–Kier alpha value is -1.22. The molecule has 0 aliphatic rings. The van der Waals surface area contributed by atoms with E-state index >= 15 is 0 Å². The predicted octanol–water partition coefficient (Wildman–Crippen LogP) is 1.54. The first-order valence-corrected chi connectivity index (χ1v) is 4.12. The van der Waals surface area contributed by atoms with Gasteiger partial charge in [-0.2, -0.15) is 0 Å². The molecule has 0 atom stereocenters. The molecule has 0 unspecified atom stereocenters. The molecule has 2 N–H and O–H groups in total. The number of benzene rings is 1. The summed E-state index contributed by atoms with van der Waals surface area (Å²) in [6, 6.07) is 6.67. The van der Waals surface area contributed by atoms with Crippen molar-refractivity contribution in [2.24, 2.45) is 0 Å². The van der Waals surface area contributed by atoms with Crippen molar-refractivity contribution < 1.29 is 14.9 Å². The van der Waals surface area contributed by atoms with Crippen LogP contribution in [0, 0.1) is 0 Å². The molecule has 0 heterocycles. The van der Waals surface area contributed by atoms with Crippen LogP contribution >= 0.6 is 0 Å². The second-order valence-corrected chi connectivity index (χ2v) is 3.57. The van der Waals surface area contributed by atoms with Crippen LogP contribution in [-0.2, 0) is 0 Å². The monoisotopic (exact) mass is 182 g/mol. The van der Waals surface area contributed by atoms with Gasteiger partial charge in [0.2, 0.25) is 0 Å². The normalized spacial score (nSPS) is 11.3.